The molecular formula is C16H15N3O3S3. The summed E-state index contributed by atoms with van der Waals surface area (Å²) in [5.74, 6) is 1.55. The Labute approximate surface area is 153 Å². The van der Waals surface area contributed by atoms with Crippen molar-refractivity contribution in [2.75, 3.05) is 24.1 Å². The molecule has 0 saturated heterocycles. The Balaban J connectivity index is 1.81. The fraction of sp³-hybridized carbons (Fsp3) is 0.188. The number of sulfonamides is 1. The highest BCUT2D eigenvalue weighted by Crippen LogP contribution is 2.33. The number of anilines is 1. The summed E-state index contributed by atoms with van der Waals surface area (Å²) in [6.45, 7) is 0.802. The van der Waals surface area contributed by atoms with Gasteiger partial charge in [-0.2, -0.15) is 0 Å². The summed E-state index contributed by atoms with van der Waals surface area (Å²) < 4.78 is 33.4. The number of fused-ring (bicyclic) bond motifs is 1. The minimum atomic E-state index is -3.64. The molecule has 130 valence electrons. The highest BCUT2D eigenvalue weighted by Gasteiger charge is 2.20. The number of methoxy groups -OCH3 is 1. The van der Waals surface area contributed by atoms with Gasteiger partial charge in [-0.15, -0.1) is 23.1 Å². The van der Waals surface area contributed by atoms with Crippen LogP contribution in [0.3, 0.4) is 0 Å². The van der Waals surface area contributed by atoms with Crippen molar-refractivity contribution < 1.29 is 13.2 Å². The number of benzene rings is 1. The van der Waals surface area contributed by atoms with E-state index in [-0.39, 0.29) is 4.21 Å². The van der Waals surface area contributed by atoms with Crippen molar-refractivity contribution in [3.05, 3.63) is 41.4 Å². The van der Waals surface area contributed by atoms with Gasteiger partial charge in [0.2, 0.25) is 0 Å². The van der Waals surface area contributed by atoms with Crippen molar-refractivity contribution >= 4 is 54.8 Å². The third-order valence-corrected chi connectivity index (χ3v) is 7.53. The lowest BCUT2D eigenvalue weighted by Gasteiger charge is -2.09. The van der Waals surface area contributed by atoms with Gasteiger partial charge in [0.1, 0.15) is 15.0 Å². The number of thioether (sulfide) groups is 1. The highest BCUT2D eigenvalue weighted by molar-refractivity contribution is 8.14. The Morgan fingerprint density at radius 1 is 1.32 bits per heavy atom. The van der Waals surface area contributed by atoms with E-state index in [0.29, 0.717) is 17.0 Å². The average Bonchev–Trinajstić information content (AvgIpc) is 3.32. The van der Waals surface area contributed by atoms with E-state index in [0.717, 1.165) is 28.4 Å². The van der Waals surface area contributed by atoms with Gasteiger partial charge in [0, 0.05) is 23.8 Å². The predicted octanol–water partition coefficient (Wildman–Crippen LogP) is 3.53. The van der Waals surface area contributed by atoms with Crippen LogP contribution in [0.5, 0.6) is 5.75 Å². The lowest BCUT2D eigenvalue weighted by Crippen LogP contribution is -2.12. The molecule has 2 N–H and O–H groups in total. The first kappa shape index (κ1) is 16.5. The normalized spacial score (nSPS) is 14.7. The van der Waals surface area contributed by atoms with Crippen molar-refractivity contribution in [2.24, 2.45) is 4.99 Å². The third-order valence-electron chi connectivity index (χ3n) is 3.76. The molecule has 9 heteroatoms. The summed E-state index contributed by atoms with van der Waals surface area (Å²) in [5.41, 5.74) is 2.06. The van der Waals surface area contributed by atoms with E-state index in [1.165, 1.54) is 11.3 Å². The van der Waals surface area contributed by atoms with E-state index in [1.54, 1.807) is 42.5 Å². The maximum atomic E-state index is 12.6. The minimum Gasteiger partial charge on any atom is -0.497 e. The van der Waals surface area contributed by atoms with Crippen LogP contribution in [0, 0.1) is 0 Å². The molecule has 6 nitrogen and oxygen atoms in total. The van der Waals surface area contributed by atoms with Crippen molar-refractivity contribution in [3.8, 4) is 5.75 Å². The lowest BCUT2D eigenvalue weighted by atomic mass is 10.2. The van der Waals surface area contributed by atoms with Gasteiger partial charge in [0.05, 0.1) is 24.0 Å². The molecule has 1 aliphatic heterocycles. The number of hydrogen-bond acceptors (Lipinski definition) is 6. The summed E-state index contributed by atoms with van der Waals surface area (Å²) in [5, 5.41) is 3.55. The first-order valence-corrected chi connectivity index (χ1v) is 10.9. The predicted molar refractivity (Wildman–Crippen MR) is 104 cm³/mol. The summed E-state index contributed by atoms with van der Waals surface area (Å²) in [6, 6.07) is 8.81. The van der Waals surface area contributed by atoms with E-state index in [1.807, 2.05) is 12.1 Å². The Bertz CT molecular complexity index is 1050. The van der Waals surface area contributed by atoms with Crippen LogP contribution < -0.4 is 9.46 Å². The molecule has 0 bridgehead atoms. The number of aliphatic imine (C=N–C) groups is 1. The zero-order valence-electron chi connectivity index (χ0n) is 13.3. The molecule has 0 saturated carbocycles. The number of aromatic amines is 1. The molecule has 25 heavy (non-hydrogen) atoms. The van der Waals surface area contributed by atoms with Gasteiger partial charge in [-0.1, -0.05) is 6.07 Å². The Hall–Kier alpha value is -1.97. The SMILES string of the molecule is COc1cc(NS(=O)(=O)c2cccs2)c2[nH]c(C3=NCCS3)cc2c1. The Morgan fingerprint density at radius 3 is 2.88 bits per heavy atom. The number of H-pyrrole nitrogens is 1. The standard InChI is InChI=1S/C16H15N3O3S3/c1-22-11-7-10-8-13(16-17-4-6-24-16)18-15(10)12(9-11)19-25(20,21)14-3-2-5-23-14/h2-3,5,7-9,18-19H,4,6H2,1H3. The highest BCUT2D eigenvalue weighted by atomic mass is 32.2. The smallest absolute Gasteiger partial charge is 0.271 e. The van der Waals surface area contributed by atoms with Gasteiger partial charge in [-0.25, -0.2) is 8.42 Å². The van der Waals surface area contributed by atoms with Crippen LogP contribution in [0.1, 0.15) is 5.69 Å². The van der Waals surface area contributed by atoms with Crippen LogP contribution in [0.4, 0.5) is 5.69 Å². The maximum Gasteiger partial charge on any atom is 0.271 e. The second-order valence-electron chi connectivity index (χ2n) is 5.40. The molecule has 0 unspecified atom stereocenters. The largest absolute Gasteiger partial charge is 0.497 e. The van der Waals surface area contributed by atoms with Crippen molar-refractivity contribution in [1.29, 1.82) is 0 Å². The van der Waals surface area contributed by atoms with Gasteiger partial charge in [0.25, 0.3) is 10.0 Å². The summed E-state index contributed by atoms with van der Waals surface area (Å²) in [4.78, 5) is 7.76. The molecular weight excluding hydrogens is 378 g/mol. The molecule has 0 spiro atoms. The molecule has 0 fully saturated rings. The quantitative estimate of drug-likeness (QED) is 0.695. The van der Waals surface area contributed by atoms with Gasteiger partial charge in [-0.05, 0) is 23.6 Å². The number of thiophene rings is 1. The van der Waals surface area contributed by atoms with Gasteiger partial charge in [-0.3, -0.25) is 9.71 Å². The van der Waals surface area contributed by atoms with E-state index < -0.39 is 10.0 Å². The molecule has 2 aromatic heterocycles. The van der Waals surface area contributed by atoms with Crippen LogP contribution in [0.25, 0.3) is 10.9 Å². The zero-order valence-corrected chi connectivity index (χ0v) is 15.7. The maximum absolute atomic E-state index is 12.6. The number of nitrogens with one attached hydrogen (secondary N) is 2. The molecule has 0 radical (unpaired) electrons. The van der Waals surface area contributed by atoms with E-state index in [4.69, 9.17) is 4.74 Å². The van der Waals surface area contributed by atoms with Crippen molar-refractivity contribution in [3.63, 3.8) is 0 Å². The van der Waals surface area contributed by atoms with Crippen LogP contribution in [-0.4, -0.2) is 37.9 Å². The van der Waals surface area contributed by atoms with Crippen LogP contribution in [0.15, 0.2) is 44.9 Å². The molecule has 0 aliphatic carbocycles. The molecule has 4 rings (SSSR count). The van der Waals surface area contributed by atoms with Crippen LogP contribution in [-0.2, 0) is 10.0 Å². The lowest BCUT2D eigenvalue weighted by molar-refractivity contribution is 0.415. The fourth-order valence-corrected chi connectivity index (χ4v) is 5.52. The first-order valence-electron chi connectivity index (χ1n) is 7.51. The zero-order chi connectivity index (χ0) is 17.4. The average molecular weight is 394 g/mol. The topological polar surface area (TPSA) is 83.5 Å². The van der Waals surface area contributed by atoms with Crippen LogP contribution >= 0.6 is 23.1 Å². The number of aromatic nitrogens is 1. The number of hydrogen-bond donors (Lipinski definition) is 2. The summed E-state index contributed by atoms with van der Waals surface area (Å²) in [6.07, 6.45) is 0. The molecule has 0 amide bonds. The van der Waals surface area contributed by atoms with E-state index >= 15 is 0 Å². The number of nitrogens with zero attached hydrogens (tertiary/aromatic N) is 1. The fourth-order valence-electron chi connectivity index (χ4n) is 2.64. The van der Waals surface area contributed by atoms with Crippen molar-refractivity contribution in [1.82, 2.24) is 4.98 Å². The number of ether oxygens (including phenoxy) is 1. The third kappa shape index (κ3) is 3.14. The van der Waals surface area contributed by atoms with Crippen molar-refractivity contribution in [2.45, 2.75) is 4.21 Å². The Morgan fingerprint density at radius 2 is 2.20 bits per heavy atom. The van der Waals surface area contributed by atoms with Gasteiger partial charge >= 0.3 is 0 Å². The second kappa shape index (κ2) is 6.40. The van der Waals surface area contributed by atoms with Gasteiger partial charge in [0.15, 0.2) is 0 Å². The van der Waals surface area contributed by atoms with E-state index in [2.05, 4.69) is 14.7 Å². The Kier molecular flexibility index (Phi) is 4.22. The van der Waals surface area contributed by atoms with Crippen LogP contribution in [0.2, 0.25) is 0 Å². The molecule has 3 aromatic rings. The summed E-state index contributed by atoms with van der Waals surface area (Å²) in [7, 11) is -2.08. The molecule has 0 atom stereocenters. The molecule has 1 aliphatic rings. The monoisotopic (exact) mass is 393 g/mol. The second-order valence-corrected chi connectivity index (χ2v) is 9.34. The number of rotatable bonds is 5. The molecule has 1 aromatic carbocycles. The first-order chi connectivity index (χ1) is 12.1. The van der Waals surface area contributed by atoms with Gasteiger partial charge < -0.3 is 9.72 Å². The minimum absolute atomic E-state index is 0.269. The van der Waals surface area contributed by atoms with E-state index in [9.17, 15) is 8.42 Å². The molecule has 3 heterocycles. The summed E-state index contributed by atoms with van der Waals surface area (Å²) >= 11 is 2.86.